The Labute approximate surface area is 140 Å². The van der Waals surface area contributed by atoms with Crippen LogP contribution in [0.25, 0.3) is 0 Å². The molecule has 2 atom stereocenters. The van der Waals surface area contributed by atoms with Crippen LogP contribution in [0, 0.1) is 17.6 Å². The Morgan fingerprint density at radius 3 is 2.71 bits per heavy atom. The molecule has 0 bridgehead atoms. The summed E-state index contributed by atoms with van der Waals surface area (Å²) >= 11 is 0. The van der Waals surface area contributed by atoms with E-state index in [2.05, 4.69) is 15.4 Å². The number of carbonyl (C=O) groups excluding carboxylic acids is 1. The molecule has 0 saturated carbocycles. The minimum absolute atomic E-state index is 0.148. The average Bonchev–Trinajstić information content (AvgIpc) is 2.58. The Morgan fingerprint density at radius 2 is 2.12 bits per heavy atom. The van der Waals surface area contributed by atoms with Crippen molar-refractivity contribution in [3.8, 4) is 0 Å². The number of nitrogens with one attached hydrogen (secondary N) is 2. The van der Waals surface area contributed by atoms with Gasteiger partial charge < -0.3 is 20.5 Å². The van der Waals surface area contributed by atoms with Crippen molar-refractivity contribution >= 4 is 6.09 Å². The van der Waals surface area contributed by atoms with Gasteiger partial charge in [-0.2, -0.15) is 0 Å². The molecule has 0 unspecified atom stereocenters. The second-order valence-corrected chi connectivity index (χ2v) is 6.15. The lowest BCUT2D eigenvalue weighted by molar-refractivity contribution is -0.0425. The molecule has 1 aliphatic rings. The normalized spacial score (nSPS) is 20.2. The number of amides is 1. The standard InChI is InChI=1S/C17H24F2N2O3/c1-24-16(22)21-7-3-5-17(23,12-4-2-6-20-11-12)13-8-14(18)10-15(19)9-13/h8-10,12,20,23H,2-7,11H2,1H3,(H,21,22)/t12-,17+/m1/s1. The zero-order chi connectivity index (χ0) is 17.6. The van der Waals surface area contributed by atoms with Gasteiger partial charge in [0.15, 0.2) is 0 Å². The highest BCUT2D eigenvalue weighted by atomic mass is 19.1. The van der Waals surface area contributed by atoms with Gasteiger partial charge in [0, 0.05) is 25.1 Å². The molecule has 1 aromatic carbocycles. The molecule has 1 aromatic rings. The molecule has 134 valence electrons. The van der Waals surface area contributed by atoms with Crippen LogP contribution in [0.1, 0.15) is 31.2 Å². The van der Waals surface area contributed by atoms with E-state index in [1.807, 2.05) is 0 Å². The average molecular weight is 342 g/mol. The van der Waals surface area contributed by atoms with Crippen LogP contribution in [0.2, 0.25) is 0 Å². The van der Waals surface area contributed by atoms with Crippen molar-refractivity contribution in [1.29, 1.82) is 0 Å². The fraction of sp³-hybridized carbons (Fsp3) is 0.588. The highest BCUT2D eigenvalue weighted by Gasteiger charge is 2.39. The molecule has 2 rings (SSSR count). The van der Waals surface area contributed by atoms with E-state index in [1.54, 1.807) is 0 Å². The summed E-state index contributed by atoms with van der Waals surface area (Å²) in [5.41, 5.74) is -1.11. The molecule has 0 aliphatic carbocycles. The first-order valence-corrected chi connectivity index (χ1v) is 8.17. The van der Waals surface area contributed by atoms with Crippen LogP contribution >= 0.6 is 0 Å². The topological polar surface area (TPSA) is 70.6 Å². The van der Waals surface area contributed by atoms with Crippen LogP contribution < -0.4 is 10.6 Å². The maximum absolute atomic E-state index is 13.6. The summed E-state index contributed by atoms with van der Waals surface area (Å²) in [6.45, 7) is 1.76. The molecule has 0 spiro atoms. The third-order valence-electron chi connectivity index (χ3n) is 4.52. The minimum Gasteiger partial charge on any atom is -0.453 e. The number of benzene rings is 1. The molecule has 3 N–H and O–H groups in total. The summed E-state index contributed by atoms with van der Waals surface area (Å²) < 4.78 is 31.7. The largest absolute Gasteiger partial charge is 0.453 e. The molecule has 1 aliphatic heterocycles. The van der Waals surface area contributed by atoms with Crippen molar-refractivity contribution in [2.75, 3.05) is 26.7 Å². The van der Waals surface area contributed by atoms with Crippen molar-refractivity contribution in [2.45, 2.75) is 31.3 Å². The summed E-state index contributed by atoms with van der Waals surface area (Å²) in [6.07, 6.45) is 1.86. The van der Waals surface area contributed by atoms with E-state index in [-0.39, 0.29) is 17.9 Å². The molecule has 5 nitrogen and oxygen atoms in total. The van der Waals surface area contributed by atoms with Crippen LogP contribution in [0.15, 0.2) is 18.2 Å². The lowest BCUT2D eigenvalue weighted by atomic mass is 9.74. The number of hydrogen-bond acceptors (Lipinski definition) is 4. The van der Waals surface area contributed by atoms with E-state index in [0.717, 1.165) is 25.5 Å². The predicted molar refractivity (Wildman–Crippen MR) is 85.5 cm³/mol. The third kappa shape index (κ3) is 4.64. The monoisotopic (exact) mass is 342 g/mol. The van der Waals surface area contributed by atoms with E-state index >= 15 is 0 Å². The summed E-state index contributed by atoms with van der Waals surface area (Å²) in [6, 6.07) is 3.17. The first kappa shape index (κ1) is 18.6. The number of hydrogen-bond donors (Lipinski definition) is 3. The summed E-state index contributed by atoms with van der Waals surface area (Å²) in [5, 5.41) is 17.0. The molecule has 1 heterocycles. The van der Waals surface area contributed by atoms with Gasteiger partial charge in [0.2, 0.25) is 0 Å². The molecule has 24 heavy (non-hydrogen) atoms. The Kier molecular flexibility index (Phi) is 6.51. The molecule has 1 fully saturated rings. The number of alkyl carbamates (subject to hydrolysis) is 1. The molecule has 0 radical (unpaired) electrons. The lowest BCUT2D eigenvalue weighted by Gasteiger charge is -2.39. The van der Waals surface area contributed by atoms with Gasteiger partial charge in [-0.25, -0.2) is 13.6 Å². The van der Waals surface area contributed by atoms with E-state index in [0.29, 0.717) is 19.5 Å². The molecule has 1 saturated heterocycles. The first-order valence-electron chi connectivity index (χ1n) is 8.17. The number of carbonyl (C=O) groups is 1. The number of aliphatic hydroxyl groups is 1. The number of ether oxygens (including phenoxy) is 1. The SMILES string of the molecule is COC(=O)NCCC[C@@](O)(c1cc(F)cc(F)c1)[C@@H]1CCCNC1. The quantitative estimate of drug-likeness (QED) is 0.694. The van der Waals surface area contributed by atoms with Gasteiger partial charge >= 0.3 is 6.09 Å². The smallest absolute Gasteiger partial charge is 0.406 e. The Balaban J connectivity index is 2.15. The fourth-order valence-corrected chi connectivity index (χ4v) is 3.27. The number of methoxy groups -OCH3 is 1. The maximum atomic E-state index is 13.6. The number of rotatable bonds is 6. The first-order chi connectivity index (χ1) is 11.5. The fourth-order valence-electron chi connectivity index (χ4n) is 3.27. The van der Waals surface area contributed by atoms with E-state index in [9.17, 15) is 18.7 Å². The predicted octanol–water partition coefficient (Wildman–Crippen LogP) is 2.29. The highest BCUT2D eigenvalue weighted by Crippen LogP contribution is 2.38. The molecule has 7 heteroatoms. The van der Waals surface area contributed by atoms with Crippen molar-refractivity contribution in [1.82, 2.24) is 10.6 Å². The van der Waals surface area contributed by atoms with Gasteiger partial charge in [-0.3, -0.25) is 0 Å². The zero-order valence-electron chi connectivity index (χ0n) is 13.8. The van der Waals surface area contributed by atoms with Gasteiger partial charge in [-0.1, -0.05) is 0 Å². The zero-order valence-corrected chi connectivity index (χ0v) is 13.8. The van der Waals surface area contributed by atoms with Crippen LogP contribution in [-0.4, -0.2) is 37.9 Å². The summed E-state index contributed by atoms with van der Waals surface area (Å²) in [4.78, 5) is 11.1. The van der Waals surface area contributed by atoms with Crippen LogP contribution in [0.5, 0.6) is 0 Å². The highest BCUT2D eigenvalue weighted by molar-refractivity contribution is 5.66. The Hall–Kier alpha value is -1.73. The maximum Gasteiger partial charge on any atom is 0.406 e. The van der Waals surface area contributed by atoms with E-state index in [1.165, 1.54) is 19.2 Å². The summed E-state index contributed by atoms with van der Waals surface area (Å²) in [5.74, 6) is -1.56. The second kappa shape index (κ2) is 8.39. The van der Waals surface area contributed by atoms with Crippen LogP contribution in [0.4, 0.5) is 13.6 Å². The van der Waals surface area contributed by atoms with Crippen molar-refractivity contribution in [2.24, 2.45) is 5.92 Å². The minimum atomic E-state index is -1.35. The Morgan fingerprint density at radius 1 is 1.42 bits per heavy atom. The third-order valence-corrected chi connectivity index (χ3v) is 4.52. The van der Waals surface area contributed by atoms with Gasteiger partial charge in [-0.05, 0) is 49.9 Å². The lowest BCUT2D eigenvalue weighted by Crippen LogP contribution is -2.44. The van der Waals surface area contributed by atoms with E-state index in [4.69, 9.17) is 0 Å². The number of halogens is 2. The molecular formula is C17H24F2N2O3. The van der Waals surface area contributed by atoms with Crippen molar-refractivity contribution in [3.05, 3.63) is 35.4 Å². The second-order valence-electron chi connectivity index (χ2n) is 6.15. The van der Waals surface area contributed by atoms with Crippen molar-refractivity contribution < 1.29 is 23.4 Å². The van der Waals surface area contributed by atoms with Crippen molar-refractivity contribution in [3.63, 3.8) is 0 Å². The number of piperidine rings is 1. The van der Waals surface area contributed by atoms with Gasteiger partial charge in [-0.15, -0.1) is 0 Å². The van der Waals surface area contributed by atoms with Gasteiger partial charge in [0.05, 0.1) is 12.7 Å². The molecule has 0 aromatic heterocycles. The van der Waals surface area contributed by atoms with Crippen LogP contribution in [-0.2, 0) is 10.3 Å². The summed E-state index contributed by atoms with van der Waals surface area (Å²) in [7, 11) is 1.27. The van der Waals surface area contributed by atoms with Gasteiger partial charge in [0.1, 0.15) is 11.6 Å². The van der Waals surface area contributed by atoms with E-state index < -0.39 is 23.3 Å². The van der Waals surface area contributed by atoms with Crippen LogP contribution in [0.3, 0.4) is 0 Å². The molecular weight excluding hydrogens is 318 g/mol. The Bertz CT molecular complexity index is 545. The van der Waals surface area contributed by atoms with Gasteiger partial charge in [0.25, 0.3) is 0 Å². The molecule has 1 amide bonds.